The topological polar surface area (TPSA) is 50.8 Å². The van der Waals surface area contributed by atoms with E-state index in [1.54, 1.807) is 25.1 Å². The second-order valence-electron chi connectivity index (χ2n) is 3.89. The molecule has 0 saturated heterocycles. The van der Waals surface area contributed by atoms with Crippen LogP contribution in [0.5, 0.6) is 5.75 Å². The predicted molar refractivity (Wildman–Crippen MR) is 75.7 cm³/mol. The normalized spacial score (nSPS) is 10.1. The van der Waals surface area contributed by atoms with E-state index >= 15 is 0 Å². The molecule has 0 atom stereocenters. The molecule has 0 radical (unpaired) electrons. The van der Waals surface area contributed by atoms with Crippen LogP contribution >= 0.6 is 11.8 Å². The lowest BCUT2D eigenvalue weighted by molar-refractivity contribution is 0.414. The number of nitrogens with zero attached hydrogens (tertiary/aromatic N) is 3. The molecule has 1 aromatic carbocycles. The highest BCUT2D eigenvalue weighted by molar-refractivity contribution is 7.99. The van der Waals surface area contributed by atoms with Crippen molar-refractivity contribution >= 4 is 11.8 Å². The predicted octanol–water partition coefficient (Wildman–Crippen LogP) is 3.28. The van der Waals surface area contributed by atoms with Crippen LogP contribution in [0.4, 0.5) is 0 Å². The second-order valence-corrected chi connectivity index (χ2v) is 4.95. The maximum absolute atomic E-state index is 8.51. The van der Waals surface area contributed by atoms with Crippen molar-refractivity contribution < 1.29 is 4.74 Å². The summed E-state index contributed by atoms with van der Waals surface area (Å²) in [5.41, 5.74) is 1.06. The molecule has 0 aliphatic heterocycles. The Morgan fingerprint density at radius 1 is 1.37 bits per heavy atom. The van der Waals surface area contributed by atoms with Crippen molar-refractivity contribution in [1.29, 1.82) is 5.26 Å². The quantitative estimate of drug-likeness (QED) is 0.598. The van der Waals surface area contributed by atoms with Crippen molar-refractivity contribution in [3.05, 3.63) is 36.7 Å². The summed E-state index contributed by atoms with van der Waals surface area (Å²) in [4.78, 5) is 4.34. The molecule has 5 heteroatoms. The number of hydrogen-bond donors (Lipinski definition) is 0. The Labute approximate surface area is 117 Å². The molecule has 0 N–H and O–H groups in total. The van der Waals surface area contributed by atoms with Crippen LogP contribution in [0, 0.1) is 11.3 Å². The van der Waals surface area contributed by atoms with Gasteiger partial charge >= 0.3 is 0 Å². The first-order valence-electron chi connectivity index (χ1n) is 6.02. The summed E-state index contributed by atoms with van der Waals surface area (Å²) in [5.74, 6) is 1.74. The first kappa shape index (κ1) is 13.5. The van der Waals surface area contributed by atoms with Gasteiger partial charge in [-0.2, -0.15) is 5.26 Å². The number of unbranched alkanes of at least 4 members (excludes halogenated alkanes) is 1. The van der Waals surface area contributed by atoms with Crippen molar-refractivity contribution in [2.24, 2.45) is 0 Å². The number of methoxy groups -OCH3 is 1. The summed E-state index contributed by atoms with van der Waals surface area (Å²) >= 11 is 1.67. The van der Waals surface area contributed by atoms with Gasteiger partial charge in [0, 0.05) is 30.3 Å². The number of nitriles is 1. The average molecular weight is 273 g/mol. The fraction of sp³-hybridized carbons (Fsp3) is 0.286. The van der Waals surface area contributed by atoms with Crippen LogP contribution in [-0.4, -0.2) is 22.4 Å². The van der Waals surface area contributed by atoms with Crippen molar-refractivity contribution in [2.75, 3.05) is 12.9 Å². The van der Waals surface area contributed by atoms with Gasteiger partial charge in [-0.3, -0.25) is 4.57 Å². The first-order chi connectivity index (χ1) is 9.35. The van der Waals surface area contributed by atoms with Crippen LogP contribution in [0.3, 0.4) is 0 Å². The molecule has 0 amide bonds. The van der Waals surface area contributed by atoms with Gasteiger partial charge in [0.1, 0.15) is 5.75 Å². The Balaban J connectivity index is 2.07. The molecule has 19 heavy (non-hydrogen) atoms. The lowest BCUT2D eigenvalue weighted by atomic mass is 10.3. The molecule has 0 aliphatic carbocycles. The first-order valence-corrected chi connectivity index (χ1v) is 7.01. The zero-order chi connectivity index (χ0) is 13.5. The Kier molecular flexibility index (Phi) is 4.87. The molecule has 0 aliphatic rings. The third kappa shape index (κ3) is 3.52. The van der Waals surface area contributed by atoms with Crippen LogP contribution in [0.15, 0.2) is 41.8 Å². The Morgan fingerprint density at radius 3 is 2.84 bits per heavy atom. The molecular weight excluding hydrogens is 258 g/mol. The monoisotopic (exact) mass is 273 g/mol. The molecule has 0 bridgehead atoms. The number of imidazole rings is 1. The van der Waals surface area contributed by atoms with Crippen LogP contribution < -0.4 is 4.74 Å². The SMILES string of the molecule is COc1ccc(-n2ccnc2SCCCC#N)cc1. The van der Waals surface area contributed by atoms with Gasteiger partial charge in [-0.05, 0) is 30.7 Å². The van der Waals surface area contributed by atoms with Crippen LogP contribution in [0.2, 0.25) is 0 Å². The second kappa shape index (κ2) is 6.86. The van der Waals surface area contributed by atoms with Crippen molar-refractivity contribution in [1.82, 2.24) is 9.55 Å². The highest BCUT2D eigenvalue weighted by Crippen LogP contribution is 2.22. The third-order valence-corrected chi connectivity index (χ3v) is 3.67. The van der Waals surface area contributed by atoms with Crippen LogP contribution in [0.25, 0.3) is 5.69 Å². The summed E-state index contributed by atoms with van der Waals surface area (Å²) in [7, 11) is 1.66. The Morgan fingerprint density at radius 2 is 2.16 bits per heavy atom. The smallest absolute Gasteiger partial charge is 0.172 e. The zero-order valence-electron chi connectivity index (χ0n) is 10.7. The van der Waals surface area contributed by atoms with Crippen LogP contribution in [0.1, 0.15) is 12.8 Å². The van der Waals surface area contributed by atoms with Crippen molar-refractivity contribution in [2.45, 2.75) is 18.0 Å². The van der Waals surface area contributed by atoms with E-state index in [2.05, 4.69) is 11.1 Å². The minimum Gasteiger partial charge on any atom is -0.497 e. The van der Waals surface area contributed by atoms with E-state index in [-0.39, 0.29) is 0 Å². The third-order valence-electron chi connectivity index (χ3n) is 2.62. The number of thioether (sulfide) groups is 1. The minimum atomic E-state index is 0.593. The van der Waals surface area contributed by atoms with Crippen molar-refractivity contribution in [3.63, 3.8) is 0 Å². The number of benzene rings is 1. The number of hydrogen-bond acceptors (Lipinski definition) is 4. The molecule has 0 unspecified atom stereocenters. The summed E-state index contributed by atoms with van der Waals surface area (Å²) in [5, 5.41) is 9.46. The van der Waals surface area contributed by atoms with E-state index < -0.39 is 0 Å². The van der Waals surface area contributed by atoms with E-state index in [0.717, 1.165) is 28.8 Å². The molecule has 1 heterocycles. The van der Waals surface area contributed by atoms with Gasteiger partial charge in [0.25, 0.3) is 0 Å². The summed E-state index contributed by atoms with van der Waals surface area (Å²) in [6.07, 6.45) is 5.21. The summed E-state index contributed by atoms with van der Waals surface area (Å²) < 4.78 is 7.19. The molecular formula is C14H15N3OS. The van der Waals surface area contributed by atoms with E-state index in [9.17, 15) is 0 Å². The van der Waals surface area contributed by atoms with Gasteiger partial charge in [0.05, 0.1) is 13.2 Å². The highest BCUT2D eigenvalue weighted by atomic mass is 32.2. The highest BCUT2D eigenvalue weighted by Gasteiger charge is 2.05. The molecule has 0 spiro atoms. The Bertz CT molecular complexity index is 557. The summed E-state index contributed by atoms with van der Waals surface area (Å²) in [6, 6.07) is 10.0. The maximum atomic E-state index is 8.51. The standard InChI is InChI=1S/C14H15N3OS/c1-18-13-6-4-12(5-7-13)17-10-9-16-14(17)19-11-3-2-8-15/h4-7,9-10H,2-3,11H2,1H3. The molecule has 0 saturated carbocycles. The Hall–Kier alpha value is -1.93. The molecule has 2 aromatic rings. The van der Waals surface area contributed by atoms with E-state index in [0.29, 0.717) is 6.42 Å². The maximum Gasteiger partial charge on any atom is 0.172 e. The number of ether oxygens (including phenoxy) is 1. The van der Waals surface area contributed by atoms with Gasteiger partial charge in [0.2, 0.25) is 0 Å². The van der Waals surface area contributed by atoms with Gasteiger partial charge in [-0.15, -0.1) is 0 Å². The molecule has 1 aromatic heterocycles. The summed E-state index contributed by atoms with van der Waals surface area (Å²) in [6.45, 7) is 0. The zero-order valence-corrected chi connectivity index (χ0v) is 11.6. The van der Waals surface area contributed by atoms with E-state index in [4.69, 9.17) is 10.00 Å². The number of rotatable bonds is 6. The molecule has 98 valence electrons. The fourth-order valence-corrected chi connectivity index (χ4v) is 2.56. The van der Waals surface area contributed by atoms with E-state index in [1.165, 1.54) is 0 Å². The average Bonchev–Trinajstić information content (AvgIpc) is 2.92. The lowest BCUT2D eigenvalue weighted by Gasteiger charge is -2.08. The van der Waals surface area contributed by atoms with Gasteiger partial charge in [-0.1, -0.05) is 11.8 Å². The molecule has 0 fully saturated rings. The van der Waals surface area contributed by atoms with Crippen LogP contribution in [-0.2, 0) is 0 Å². The molecule has 4 nitrogen and oxygen atoms in total. The minimum absolute atomic E-state index is 0.593. The van der Waals surface area contributed by atoms with Gasteiger partial charge in [-0.25, -0.2) is 4.98 Å². The van der Waals surface area contributed by atoms with E-state index in [1.807, 2.05) is 35.0 Å². The molecule has 2 rings (SSSR count). The van der Waals surface area contributed by atoms with Gasteiger partial charge in [0.15, 0.2) is 5.16 Å². The lowest BCUT2D eigenvalue weighted by Crippen LogP contribution is -1.95. The van der Waals surface area contributed by atoms with Gasteiger partial charge < -0.3 is 4.74 Å². The number of aromatic nitrogens is 2. The fourth-order valence-electron chi connectivity index (χ4n) is 1.65. The van der Waals surface area contributed by atoms with Crippen molar-refractivity contribution in [3.8, 4) is 17.5 Å². The largest absolute Gasteiger partial charge is 0.497 e.